The van der Waals surface area contributed by atoms with Gasteiger partial charge in [0.1, 0.15) is 9.96 Å². The van der Waals surface area contributed by atoms with Gasteiger partial charge in [0.15, 0.2) is 0 Å². The number of carbonyl (C=O) groups excluding carboxylic acids is 2. The SMILES string of the molecule is COc1ccc(C)cc1C(=O)NCCc1ccc(S(=O)(=O)NC(=O)SN)s1. The van der Waals surface area contributed by atoms with E-state index in [4.69, 9.17) is 9.88 Å². The van der Waals surface area contributed by atoms with E-state index >= 15 is 0 Å². The van der Waals surface area contributed by atoms with Gasteiger partial charge in [-0.15, -0.1) is 11.3 Å². The summed E-state index contributed by atoms with van der Waals surface area (Å²) in [5.74, 6) is 0.211. The van der Waals surface area contributed by atoms with E-state index in [9.17, 15) is 18.0 Å². The Morgan fingerprint density at radius 1 is 1.26 bits per heavy atom. The molecule has 0 aliphatic carbocycles. The minimum Gasteiger partial charge on any atom is -0.496 e. The third-order valence-corrected chi connectivity index (χ3v) is 6.90. The Labute approximate surface area is 165 Å². The summed E-state index contributed by atoms with van der Waals surface area (Å²) in [7, 11) is -2.44. The van der Waals surface area contributed by atoms with Crippen molar-refractivity contribution in [2.24, 2.45) is 5.14 Å². The highest BCUT2D eigenvalue weighted by Gasteiger charge is 2.20. The summed E-state index contributed by atoms with van der Waals surface area (Å²) in [5, 5.41) is 6.96. The van der Waals surface area contributed by atoms with Crippen molar-refractivity contribution >= 4 is 44.5 Å². The number of sulfonamides is 1. The van der Waals surface area contributed by atoms with E-state index in [1.807, 2.05) is 17.7 Å². The van der Waals surface area contributed by atoms with Crippen molar-refractivity contribution in [2.45, 2.75) is 17.6 Å². The van der Waals surface area contributed by atoms with Gasteiger partial charge in [0.2, 0.25) is 0 Å². The third kappa shape index (κ3) is 5.70. The number of nitrogens with one attached hydrogen (secondary N) is 2. The maximum Gasteiger partial charge on any atom is 0.307 e. The molecule has 0 atom stereocenters. The van der Waals surface area contributed by atoms with Crippen molar-refractivity contribution < 1.29 is 22.7 Å². The molecule has 8 nitrogen and oxygen atoms in total. The van der Waals surface area contributed by atoms with Crippen LogP contribution in [0.25, 0.3) is 0 Å². The molecule has 0 aliphatic heterocycles. The molecule has 0 unspecified atom stereocenters. The highest BCUT2D eigenvalue weighted by molar-refractivity contribution is 8.12. The lowest BCUT2D eigenvalue weighted by atomic mass is 10.1. The monoisotopic (exact) mass is 429 g/mol. The number of carbonyl (C=O) groups is 2. The molecule has 11 heteroatoms. The summed E-state index contributed by atoms with van der Waals surface area (Å²) in [6.07, 6.45) is 0.444. The maximum atomic E-state index is 12.3. The lowest BCUT2D eigenvalue weighted by molar-refractivity contribution is 0.0951. The molecule has 0 saturated carbocycles. The summed E-state index contributed by atoms with van der Waals surface area (Å²) in [6, 6.07) is 8.36. The van der Waals surface area contributed by atoms with Gasteiger partial charge in [-0.3, -0.25) is 14.7 Å². The first-order valence-electron chi connectivity index (χ1n) is 7.72. The summed E-state index contributed by atoms with van der Waals surface area (Å²) in [6.45, 7) is 2.20. The van der Waals surface area contributed by atoms with Gasteiger partial charge >= 0.3 is 5.24 Å². The Hall–Kier alpha value is -2.08. The molecule has 2 amide bonds. The second-order valence-corrected chi connectivity index (χ2v) is 9.13. The zero-order valence-electron chi connectivity index (χ0n) is 14.6. The van der Waals surface area contributed by atoms with Gasteiger partial charge in [-0.05, 0) is 37.6 Å². The number of aryl methyl sites for hydroxylation is 1. The van der Waals surface area contributed by atoms with Gasteiger partial charge in [0, 0.05) is 23.4 Å². The molecule has 146 valence electrons. The zero-order valence-corrected chi connectivity index (χ0v) is 17.1. The van der Waals surface area contributed by atoms with Gasteiger partial charge in [-0.25, -0.2) is 13.1 Å². The number of amides is 2. The molecule has 1 aromatic heterocycles. The first-order valence-corrected chi connectivity index (χ1v) is 10.9. The number of nitrogens with two attached hydrogens (primary N) is 1. The lowest BCUT2D eigenvalue weighted by Gasteiger charge is -2.09. The van der Waals surface area contributed by atoms with Crippen LogP contribution in [0.3, 0.4) is 0 Å². The summed E-state index contributed by atoms with van der Waals surface area (Å²) < 4.78 is 31.1. The van der Waals surface area contributed by atoms with E-state index in [1.165, 1.54) is 13.2 Å². The van der Waals surface area contributed by atoms with Gasteiger partial charge < -0.3 is 10.1 Å². The quantitative estimate of drug-likeness (QED) is 0.575. The van der Waals surface area contributed by atoms with Crippen LogP contribution in [0.5, 0.6) is 5.75 Å². The molecule has 0 bridgehead atoms. The van der Waals surface area contributed by atoms with Gasteiger partial charge in [0.05, 0.1) is 12.7 Å². The van der Waals surface area contributed by atoms with Crippen LogP contribution in [0.2, 0.25) is 0 Å². The summed E-state index contributed by atoms with van der Waals surface area (Å²) in [4.78, 5) is 24.3. The fourth-order valence-corrected chi connectivity index (χ4v) is 4.92. The molecule has 4 N–H and O–H groups in total. The first kappa shape index (κ1) is 21.2. The van der Waals surface area contributed by atoms with Crippen molar-refractivity contribution in [3.8, 4) is 5.75 Å². The van der Waals surface area contributed by atoms with E-state index in [2.05, 4.69) is 5.32 Å². The number of ether oxygens (including phenoxy) is 1. The molecule has 1 heterocycles. The highest BCUT2D eigenvalue weighted by atomic mass is 32.2. The van der Waals surface area contributed by atoms with E-state index in [1.54, 1.807) is 18.2 Å². The number of thiophene rings is 1. The Balaban J connectivity index is 1.97. The van der Waals surface area contributed by atoms with E-state index in [-0.39, 0.29) is 22.1 Å². The molecule has 1 aromatic carbocycles. The second-order valence-electron chi connectivity index (χ2n) is 5.44. The van der Waals surface area contributed by atoms with E-state index in [0.29, 0.717) is 24.3 Å². The Morgan fingerprint density at radius 3 is 2.67 bits per heavy atom. The second kappa shape index (κ2) is 9.22. The minimum absolute atomic E-state index is 0.00609. The Kier molecular flexibility index (Phi) is 7.25. The van der Waals surface area contributed by atoms with Crippen molar-refractivity contribution in [1.29, 1.82) is 0 Å². The van der Waals surface area contributed by atoms with Crippen LogP contribution in [0.4, 0.5) is 4.79 Å². The van der Waals surface area contributed by atoms with Crippen molar-refractivity contribution in [1.82, 2.24) is 10.0 Å². The molecule has 27 heavy (non-hydrogen) atoms. The van der Waals surface area contributed by atoms with Crippen LogP contribution in [0.1, 0.15) is 20.8 Å². The fraction of sp³-hybridized carbons (Fsp3) is 0.250. The van der Waals surface area contributed by atoms with Crippen LogP contribution < -0.4 is 19.9 Å². The van der Waals surface area contributed by atoms with Gasteiger partial charge in [0.25, 0.3) is 15.9 Å². The van der Waals surface area contributed by atoms with Crippen LogP contribution in [0, 0.1) is 6.92 Å². The predicted molar refractivity (Wildman–Crippen MR) is 106 cm³/mol. The largest absolute Gasteiger partial charge is 0.496 e. The summed E-state index contributed by atoms with van der Waals surface area (Å²) in [5.41, 5.74) is 1.38. The van der Waals surface area contributed by atoms with Gasteiger partial charge in [-0.1, -0.05) is 11.6 Å². The molecule has 2 aromatic rings. The maximum absolute atomic E-state index is 12.3. The first-order chi connectivity index (χ1) is 12.8. The predicted octanol–water partition coefficient (Wildman–Crippen LogP) is 2.04. The average molecular weight is 430 g/mol. The van der Waals surface area contributed by atoms with Crippen molar-refractivity contribution in [3.05, 3.63) is 46.3 Å². The van der Waals surface area contributed by atoms with Crippen LogP contribution in [0.15, 0.2) is 34.5 Å². The normalized spacial score (nSPS) is 11.1. The Bertz CT molecular complexity index is 941. The number of benzene rings is 1. The minimum atomic E-state index is -3.93. The van der Waals surface area contributed by atoms with Crippen molar-refractivity contribution in [3.63, 3.8) is 0 Å². The molecule has 0 spiro atoms. The molecule has 0 fully saturated rings. The zero-order chi connectivity index (χ0) is 20.0. The van der Waals surface area contributed by atoms with E-state index < -0.39 is 15.3 Å². The summed E-state index contributed by atoms with van der Waals surface area (Å²) >= 11 is 1.31. The molecule has 0 saturated heterocycles. The molecule has 0 aliphatic rings. The lowest BCUT2D eigenvalue weighted by Crippen LogP contribution is -2.27. The average Bonchev–Trinajstić information content (AvgIpc) is 3.11. The fourth-order valence-electron chi connectivity index (χ4n) is 2.21. The molecular formula is C16H19N3O5S3. The van der Waals surface area contributed by atoms with Crippen LogP contribution in [-0.4, -0.2) is 33.2 Å². The molecule has 0 radical (unpaired) electrons. The van der Waals surface area contributed by atoms with Crippen LogP contribution >= 0.6 is 23.3 Å². The standard InChI is InChI=1S/C16H19N3O5S3/c1-10-3-5-13(24-2)12(9-10)15(20)18-8-7-11-4-6-14(25-11)27(22,23)19-16(21)26-17/h3-6,9H,7-8,17H2,1-2H3,(H,18,20)(H,19,21). The number of rotatable bonds is 7. The Morgan fingerprint density at radius 2 is 2.00 bits per heavy atom. The van der Waals surface area contributed by atoms with E-state index in [0.717, 1.165) is 21.8 Å². The molecule has 2 rings (SSSR count). The van der Waals surface area contributed by atoms with Gasteiger partial charge in [-0.2, -0.15) is 0 Å². The number of methoxy groups -OCH3 is 1. The van der Waals surface area contributed by atoms with Crippen molar-refractivity contribution in [2.75, 3.05) is 13.7 Å². The smallest absolute Gasteiger partial charge is 0.307 e. The number of hydrogen-bond acceptors (Lipinski definition) is 8. The number of hydrogen-bond donors (Lipinski definition) is 3. The topological polar surface area (TPSA) is 128 Å². The third-order valence-electron chi connectivity index (χ3n) is 3.48. The highest BCUT2D eigenvalue weighted by Crippen LogP contribution is 2.22. The van der Waals surface area contributed by atoms with Crippen LogP contribution in [-0.2, 0) is 16.4 Å². The molecular weight excluding hydrogens is 410 g/mol.